The molecule has 0 aliphatic carbocycles. The molecule has 2 heterocycles. The zero-order valence-electron chi connectivity index (χ0n) is 11.9. The first-order valence-corrected chi connectivity index (χ1v) is 7.68. The van der Waals surface area contributed by atoms with Crippen molar-refractivity contribution in [2.45, 2.75) is 12.1 Å². The van der Waals surface area contributed by atoms with Gasteiger partial charge in [0.1, 0.15) is 0 Å². The predicted molar refractivity (Wildman–Crippen MR) is 83.8 cm³/mol. The maximum absolute atomic E-state index is 12.2. The zero-order chi connectivity index (χ0) is 15.4. The number of nitrogens with zero attached hydrogens (tertiary/aromatic N) is 3. The lowest BCUT2D eigenvalue weighted by Gasteiger charge is -2.02. The molecular formula is C16H13N3O2S. The molecule has 0 aliphatic heterocycles. The highest BCUT2D eigenvalue weighted by molar-refractivity contribution is 7.99. The number of Topliss-reactive ketones (excluding diaryl/α,β-unsaturated/α-hetero) is 1. The first-order valence-electron chi connectivity index (χ1n) is 6.69. The number of hydrogen-bond donors (Lipinski definition) is 0. The average molecular weight is 311 g/mol. The minimum absolute atomic E-state index is 0.0479. The van der Waals surface area contributed by atoms with E-state index in [9.17, 15) is 4.79 Å². The van der Waals surface area contributed by atoms with Gasteiger partial charge in [0.05, 0.1) is 5.75 Å². The van der Waals surface area contributed by atoms with Gasteiger partial charge in [-0.3, -0.25) is 9.78 Å². The Balaban J connectivity index is 1.67. The average Bonchev–Trinajstić information content (AvgIpc) is 3.03. The second kappa shape index (κ2) is 6.53. The Bertz CT molecular complexity index is 787. The molecule has 22 heavy (non-hydrogen) atoms. The Kier molecular flexibility index (Phi) is 4.29. The summed E-state index contributed by atoms with van der Waals surface area (Å²) in [6.07, 6.45) is 3.32. The van der Waals surface area contributed by atoms with Crippen LogP contribution in [0.1, 0.15) is 15.9 Å². The second-order valence-electron chi connectivity index (χ2n) is 4.64. The molecule has 110 valence electrons. The van der Waals surface area contributed by atoms with Crippen molar-refractivity contribution in [1.29, 1.82) is 0 Å². The van der Waals surface area contributed by atoms with Crippen LogP contribution >= 0.6 is 11.8 Å². The van der Waals surface area contributed by atoms with E-state index in [0.717, 1.165) is 16.7 Å². The fourth-order valence-corrected chi connectivity index (χ4v) is 2.62. The van der Waals surface area contributed by atoms with Crippen molar-refractivity contribution >= 4 is 17.5 Å². The third kappa shape index (κ3) is 3.23. The van der Waals surface area contributed by atoms with E-state index < -0.39 is 0 Å². The number of benzene rings is 1. The lowest BCUT2D eigenvalue weighted by molar-refractivity contribution is 0.102. The first kappa shape index (κ1) is 14.5. The van der Waals surface area contributed by atoms with Crippen molar-refractivity contribution in [3.63, 3.8) is 0 Å². The topological polar surface area (TPSA) is 68.9 Å². The maximum Gasteiger partial charge on any atom is 0.277 e. The van der Waals surface area contributed by atoms with Crippen LogP contribution in [0.15, 0.2) is 58.4 Å². The van der Waals surface area contributed by atoms with Gasteiger partial charge in [-0.05, 0) is 24.6 Å². The van der Waals surface area contributed by atoms with Gasteiger partial charge in [0.25, 0.3) is 5.22 Å². The van der Waals surface area contributed by atoms with Gasteiger partial charge in [-0.1, -0.05) is 36.0 Å². The summed E-state index contributed by atoms with van der Waals surface area (Å²) in [7, 11) is 0. The van der Waals surface area contributed by atoms with Gasteiger partial charge in [-0.25, -0.2) is 0 Å². The molecule has 3 aromatic rings. The largest absolute Gasteiger partial charge is 0.411 e. The lowest BCUT2D eigenvalue weighted by atomic mass is 10.1. The van der Waals surface area contributed by atoms with Crippen molar-refractivity contribution in [2.24, 2.45) is 0 Å². The smallest absolute Gasteiger partial charge is 0.277 e. The van der Waals surface area contributed by atoms with E-state index >= 15 is 0 Å². The van der Waals surface area contributed by atoms with Crippen LogP contribution in [-0.2, 0) is 0 Å². The predicted octanol–water partition coefficient (Wildman–Crippen LogP) is 3.42. The molecule has 5 nitrogen and oxygen atoms in total. The van der Waals surface area contributed by atoms with E-state index in [1.54, 1.807) is 24.5 Å². The fraction of sp³-hybridized carbons (Fsp3) is 0.125. The highest BCUT2D eigenvalue weighted by atomic mass is 32.2. The summed E-state index contributed by atoms with van der Waals surface area (Å²) < 4.78 is 5.55. The van der Waals surface area contributed by atoms with Crippen LogP contribution in [-0.4, -0.2) is 26.7 Å². The van der Waals surface area contributed by atoms with E-state index in [1.807, 2.05) is 31.2 Å². The summed E-state index contributed by atoms with van der Waals surface area (Å²) in [5, 5.41) is 8.32. The summed E-state index contributed by atoms with van der Waals surface area (Å²) in [5.74, 6) is 0.739. The highest BCUT2D eigenvalue weighted by Crippen LogP contribution is 2.23. The molecule has 3 rings (SSSR count). The first-order chi connectivity index (χ1) is 10.7. The van der Waals surface area contributed by atoms with E-state index in [-0.39, 0.29) is 11.5 Å². The van der Waals surface area contributed by atoms with Crippen molar-refractivity contribution in [3.05, 3.63) is 59.9 Å². The summed E-state index contributed by atoms with van der Waals surface area (Å²) in [4.78, 5) is 16.1. The molecule has 0 amide bonds. The van der Waals surface area contributed by atoms with E-state index in [2.05, 4.69) is 15.2 Å². The van der Waals surface area contributed by atoms with Crippen molar-refractivity contribution in [3.8, 4) is 11.5 Å². The maximum atomic E-state index is 12.2. The third-order valence-electron chi connectivity index (χ3n) is 3.11. The number of aryl methyl sites for hydroxylation is 1. The van der Waals surface area contributed by atoms with Gasteiger partial charge in [-0.15, -0.1) is 10.2 Å². The Morgan fingerprint density at radius 1 is 1.14 bits per heavy atom. The van der Waals surface area contributed by atoms with Crippen LogP contribution in [0, 0.1) is 6.92 Å². The molecule has 2 aromatic heterocycles. The number of pyridine rings is 1. The highest BCUT2D eigenvalue weighted by Gasteiger charge is 2.13. The Morgan fingerprint density at radius 3 is 2.68 bits per heavy atom. The molecule has 0 N–H and O–H groups in total. The number of rotatable bonds is 5. The van der Waals surface area contributed by atoms with E-state index in [4.69, 9.17) is 4.42 Å². The summed E-state index contributed by atoms with van der Waals surface area (Å²) >= 11 is 1.24. The molecular weight excluding hydrogens is 298 g/mol. The molecule has 0 aliphatic rings. The molecule has 0 atom stereocenters. The van der Waals surface area contributed by atoms with Crippen LogP contribution in [0.2, 0.25) is 0 Å². The van der Waals surface area contributed by atoms with Gasteiger partial charge < -0.3 is 4.42 Å². The van der Waals surface area contributed by atoms with Gasteiger partial charge >= 0.3 is 0 Å². The summed E-state index contributed by atoms with van der Waals surface area (Å²) in [6, 6.07) is 11.1. The molecule has 0 radical (unpaired) electrons. The van der Waals surface area contributed by atoms with Crippen molar-refractivity contribution in [1.82, 2.24) is 15.2 Å². The number of carbonyl (C=O) groups excluding carboxylic acids is 1. The van der Waals surface area contributed by atoms with Crippen LogP contribution in [0.3, 0.4) is 0 Å². The fourth-order valence-electron chi connectivity index (χ4n) is 1.97. The number of aromatic nitrogens is 3. The monoisotopic (exact) mass is 311 g/mol. The van der Waals surface area contributed by atoms with Crippen molar-refractivity contribution in [2.75, 3.05) is 5.75 Å². The normalized spacial score (nSPS) is 10.6. The molecule has 0 fully saturated rings. The van der Waals surface area contributed by atoms with Crippen LogP contribution in [0.5, 0.6) is 0 Å². The number of thioether (sulfide) groups is 1. The van der Waals surface area contributed by atoms with Gasteiger partial charge in [-0.2, -0.15) is 0 Å². The van der Waals surface area contributed by atoms with Crippen molar-refractivity contribution < 1.29 is 9.21 Å². The molecule has 0 saturated carbocycles. The number of carbonyl (C=O) groups is 1. The molecule has 1 aromatic carbocycles. The van der Waals surface area contributed by atoms with Crippen LogP contribution in [0.25, 0.3) is 11.5 Å². The minimum atomic E-state index is 0.0479. The van der Waals surface area contributed by atoms with Gasteiger partial charge in [0.15, 0.2) is 5.78 Å². The summed E-state index contributed by atoms with van der Waals surface area (Å²) in [5.41, 5.74) is 2.50. The molecule has 0 saturated heterocycles. The molecule has 6 heteroatoms. The standard InChI is InChI=1S/C16H13N3O2S/c1-11-4-2-3-5-13(11)14(20)10-22-16-19-18-15(21-16)12-6-8-17-9-7-12/h2-9H,10H2,1H3. The third-order valence-corrected chi connectivity index (χ3v) is 3.92. The molecule has 0 bridgehead atoms. The Morgan fingerprint density at radius 2 is 1.91 bits per heavy atom. The zero-order valence-corrected chi connectivity index (χ0v) is 12.7. The lowest BCUT2D eigenvalue weighted by Crippen LogP contribution is -2.04. The minimum Gasteiger partial charge on any atom is -0.411 e. The van der Waals surface area contributed by atoms with Crippen LogP contribution in [0.4, 0.5) is 0 Å². The Hall–Kier alpha value is -2.47. The SMILES string of the molecule is Cc1ccccc1C(=O)CSc1nnc(-c2ccncc2)o1. The molecule has 0 unspecified atom stereocenters. The number of hydrogen-bond acceptors (Lipinski definition) is 6. The van der Waals surface area contributed by atoms with Gasteiger partial charge in [0, 0.05) is 23.5 Å². The van der Waals surface area contributed by atoms with Crippen LogP contribution < -0.4 is 0 Å². The quantitative estimate of drug-likeness (QED) is 0.531. The van der Waals surface area contributed by atoms with Gasteiger partial charge in [0.2, 0.25) is 5.89 Å². The summed E-state index contributed by atoms with van der Waals surface area (Å²) in [6.45, 7) is 1.92. The van der Waals surface area contributed by atoms with E-state index in [0.29, 0.717) is 11.1 Å². The second-order valence-corrected chi connectivity index (χ2v) is 5.56. The number of ketones is 1. The Labute approximate surface area is 131 Å². The molecule has 0 spiro atoms. The van der Waals surface area contributed by atoms with E-state index in [1.165, 1.54) is 11.8 Å².